The van der Waals surface area contributed by atoms with Crippen LogP contribution in [0.15, 0.2) is 97.1 Å². The van der Waals surface area contributed by atoms with Crippen LogP contribution in [0.4, 0.5) is 11.5 Å². The van der Waals surface area contributed by atoms with Crippen molar-refractivity contribution in [3.63, 3.8) is 0 Å². The molecule has 14 nitrogen and oxygen atoms in total. The molecule has 58 heavy (non-hydrogen) atoms. The summed E-state index contributed by atoms with van der Waals surface area (Å²) in [6, 6.07) is 29.0. The summed E-state index contributed by atoms with van der Waals surface area (Å²) < 4.78 is 28.3. The maximum Gasteiger partial charge on any atom is 0.335 e. The van der Waals surface area contributed by atoms with E-state index in [0.29, 0.717) is 35.2 Å². The number of amides is 2. The van der Waals surface area contributed by atoms with Crippen LogP contribution in [0.5, 0.6) is 0 Å². The Morgan fingerprint density at radius 3 is 2.03 bits per heavy atom. The highest BCUT2D eigenvalue weighted by Gasteiger charge is 2.24. The molecule has 0 saturated heterocycles. The summed E-state index contributed by atoms with van der Waals surface area (Å²) in [5.74, 6) is -2.79. The molecule has 0 atom stereocenters. The largest absolute Gasteiger partial charge is 0.480 e. The SMILES string of the molecule is CCC(CC)N(CCN(C)S(=O)(=O)NCC(=O)O)Cc1cccc(C(=O)Nc2[nH]c3ccccc3c2C(=O)Nc2ccc(CCCc3ccc(C(=O)O)cc3)cc2)c1. The Balaban J connectivity index is 1.25. The van der Waals surface area contributed by atoms with Crippen molar-refractivity contribution in [1.29, 1.82) is 0 Å². The molecular weight excluding hydrogens is 761 g/mol. The predicted octanol–water partition coefficient (Wildman–Crippen LogP) is 6.39. The van der Waals surface area contributed by atoms with Gasteiger partial charge in [-0.15, -0.1) is 0 Å². The number of fused-ring (bicyclic) bond motifs is 1. The molecule has 0 fully saturated rings. The fourth-order valence-electron chi connectivity index (χ4n) is 6.81. The van der Waals surface area contributed by atoms with E-state index in [1.54, 1.807) is 30.3 Å². The number of para-hydroxylation sites is 1. The summed E-state index contributed by atoms with van der Waals surface area (Å²) in [6.45, 7) is 4.32. The van der Waals surface area contributed by atoms with Gasteiger partial charge in [-0.2, -0.15) is 17.4 Å². The molecule has 0 spiro atoms. The second kappa shape index (κ2) is 20.0. The number of hydrogen-bond acceptors (Lipinski definition) is 7. The quantitative estimate of drug-likeness (QED) is 0.0486. The Morgan fingerprint density at radius 2 is 1.40 bits per heavy atom. The molecule has 15 heteroatoms. The molecule has 1 aromatic heterocycles. The highest BCUT2D eigenvalue weighted by Crippen LogP contribution is 2.28. The van der Waals surface area contributed by atoms with Gasteiger partial charge in [0.2, 0.25) is 0 Å². The normalized spacial score (nSPS) is 11.7. The lowest BCUT2D eigenvalue weighted by Gasteiger charge is -2.32. The summed E-state index contributed by atoms with van der Waals surface area (Å²) in [5, 5.41) is 24.5. The number of H-pyrrole nitrogens is 1. The van der Waals surface area contributed by atoms with E-state index in [0.717, 1.165) is 53.1 Å². The third-order valence-corrected chi connectivity index (χ3v) is 11.6. The molecule has 4 aromatic carbocycles. The van der Waals surface area contributed by atoms with Crippen molar-refractivity contribution in [1.82, 2.24) is 18.9 Å². The Kier molecular flexibility index (Phi) is 14.9. The van der Waals surface area contributed by atoms with Gasteiger partial charge in [0, 0.05) is 54.9 Å². The minimum atomic E-state index is -3.98. The molecule has 0 bridgehead atoms. The van der Waals surface area contributed by atoms with E-state index in [1.165, 1.54) is 7.05 Å². The Bertz CT molecular complexity index is 2320. The summed E-state index contributed by atoms with van der Waals surface area (Å²) in [6.07, 6.45) is 4.11. The third-order valence-electron chi connectivity index (χ3n) is 10.1. The Hall–Kier alpha value is -5.87. The van der Waals surface area contributed by atoms with Crippen LogP contribution in [0.3, 0.4) is 0 Å². The van der Waals surface area contributed by atoms with Gasteiger partial charge in [0.15, 0.2) is 0 Å². The molecule has 0 aliphatic carbocycles. The van der Waals surface area contributed by atoms with Gasteiger partial charge in [-0.25, -0.2) is 4.79 Å². The van der Waals surface area contributed by atoms with E-state index in [-0.39, 0.29) is 29.5 Å². The molecule has 0 saturated carbocycles. The number of carboxylic acid groups (broad SMARTS) is 2. The zero-order valence-corrected chi connectivity index (χ0v) is 33.6. The number of nitrogens with one attached hydrogen (secondary N) is 4. The molecule has 0 aliphatic heterocycles. The first-order chi connectivity index (χ1) is 27.8. The van der Waals surface area contributed by atoms with Crippen molar-refractivity contribution >= 4 is 56.4 Å². The lowest BCUT2D eigenvalue weighted by molar-refractivity contribution is -0.135. The van der Waals surface area contributed by atoms with E-state index in [1.807, 2.05) is 66.7 Å². The molecule has 0 radical (unpaired) electrons. The van der Waals surface area contributed by atoms with Crippen LogP contribution in [0.25, 0.3) is 10.9 Å². The van der Waals surface area contributed by atoms with E-state index in [9.17, 15) is 27.6 Å². The molecule has 5 rings (SSSR count). The number of carbonyl (C=O) groups excluding carboxylic acids is 2. The van der Waals surface area contributed by atoms with E-state index in [4.69, 9.17) is 10.2 Å². The number of aryl methyl sites for hydroxylation is 2. The van der Waals surface area contributed by atoms with Crippen LogP contribution in [0, 0.1) is 0 Å². The number of benzene rings is 4. The number of aromatic nitrogens is 1. The van der Waals surface area contributed by atoms with Gasteiger partial charge >= 0.3 is 11.9 Å². The molecule has 0 aliphatic rings. The summed E-state index contributed by atoms with van der Waals surface area (Å²) in [7, 11) is -2.59. The van der Waals surface area contributed by atoms with Crippen LogP contribution in [-0.2, 0) is 34.4 Å². The maximum atomic E-state index is 13.8. The zero-order valence-electron chi connectivity index (χ0n) is 32.8. The number of anilines is 2. The monoisotopic (exact) mass is 810 g/mol. The molecular formula is C43H50N6O8S. The van der Waals surface area contributed by atoms with Crippen LogP contribution in [0.2, 0.25) is 0 Å². The number of carbonyl (C=O) groups is 4. The van der Waals surface area contributed by atoms with Gasteiger partial charge in [-0.3, -0.25) is 19.3 Å². The topological polar surface area (TPSA) is 201 Å². The molecule has 5 aromatic rings. The van der Waals surface area contributed by atoms with Crippen LogP contribution in [0.1, 0.15) is 80.9 Å². The fraction of sp³-hybridized carbons (Fsp3) is 0.302. The number of rotatable bonds is 21. The minimum absolute atomic E-state index is 0.120. The van der Waals surface area contributed by atoms with Crippen molar-refractivity contribution in [2.24, 2.45) is 0 Å². The summed E-state index contributed by atoms with van der Waals surface area (Å²) in [5.41, 5.74) is 5.18. The average Bonchev–Trinajstić information content (AvgIpc) is 3.58. The van der Waals surface area contributed by atoms with Crippen molar-refractivity contribution < 1.29 is 37.8 Å². The van der Waals surface area contributed by atoms with Gasteiger partial charge in [-0.05, 0) is 91.3 Å². The smallest absolute Gasteiger partial charge is 0.335 e. The predicted molar refractivity (Wildman–Crippen MR) is 224 cm³/mol. The third kappa shape index (κ3) is 11.6. The first kappa shape index (κ1) is 43.3. The van der Waals surface area contributed by atoms with Crippen molar-refractivity contribution in [2.45, 2.75) is 58.5 Å². The standard InChI is InChI=1S/C43H50N6O8S/c1-4-35(5-2)49(25-24-48(3)58(56,57)44-27-38(50)51)28-31-12-9-13-33(26-31)41(52)47-40-39(36-14-6-7-15-37(36)46-40)42(53)45-34-22-18-30(19-23-34)11-8-10-29-16-20-32(21-17-29)43(54)55/h6-7,9,12-23,26,35,44,46H,4-5,8,10-11,24-25,27-28H2,1-3H3,(H,45,53)(H,47,52)(H,50,51)(H,54,55). The van der Waals surface area contributed by atoms with Crippen molar-refractivity contribution in [2.75, 3.05) is 37.3 Å². The van der Waals surface area contributed by atoms with Gasteiger partial charge < -0.3 is 25.8 Å². The number of aromatic amines is 1. The first-order valence-corrected chi connectivity index (χ1v) is 20.6. The average molecular weight is 811 g/mol. The highest BCUT2D eigenvalue weighted by atomic mass is 32.2. The minimum Gasteiger partial charge on any atom is -0.480 e. The number of aliphatic carboxylic acids is 1. The second-order valence-corrected chi connectivity index (χ2v) is 15.9. The molecule has 2 amide bonds. The van der Waals surface area contributed by atoms with Gasteiger partial charge in [0.25, 0.3) is 22.0 Å². The van der Waals surface area contributed by atoms with Crippen molar-refractivity contribution in [3.8, 4) is 0 Å². The van der Waals surface area contributed by atoms with Gasteiger partial charge in [0.05, 0.1) is 11.1 Å². The Labute approximate surface area is 338 Å². The van der Waals surface area contributed by atoms with Gasteiger partial charge in [0.1, 0.15) is 12.4 Å². The lowest BCUT2D eigenvalue weighted by atomic mass is 10.0. The van der Waals surface area contributed by atoms with Crippen LogP contribution in [-0.4, -0.2) is 89.3 Å². The summed E-state index contributed by atoms with van der Waals surface area (Å²) >= 11 is 0. The lowest BCUT2D eigenvalue weighted by Crippen LogP contribution is -2.45. The number of carboxylic acids is 2. The maximum absolute atomic E-state index is 13.8. The number of hydrogen-bond donors (Lipinski definition) is 6. The van der Waals surface area contributed by atoms with Gasteiger partial charge in [-0.1, -0.05) is 68.4 Å². The van der Waals surface area contributed by atoms with Crippen LogP contribution >= 0.6 is 0 Å². The van der Waals surface area contributed by atoms with E-state index < -0.39 is 40.5 Å². The van der Waals surface area contributed by atoms with E-state index in [2.05, 4.69) is 39.1 Å². The number of likely N-dealkylation sites (N-methyl/N-ethyl adjacent to an activating group) is 1. The first-order valence-electron chi connectivity index (χ1n) is 19.2. The fourth-order valence-corrected chi connectivity index (χ4v) is 7.66. The van der Waals surface area contributed by atoms with E-state index >= 15 is 0 Å². The summed E-state index contributed by atoms with van der Waals surface area (Å²) in [4.78, 5) is 55.0. The second-order valence-electron chi connectivity index (χ2n) is 14.1. The zero-order chi connectivity index (χ0) is 41.8. The molecule has 6 N–H and O–H groups in total. The highest BCUT2D eigenvalue weighted by molar-refractivity contribution is 7.87. The number of aromatic carboxylic acids is 1. The van der Waals surface area contributed by atoms with Crippen molar-refractivity contribution in [3.05, 3.63) is 130 Å². The molecule has 306 valence electrons. The van der Waals surface area contributed by atoms with Crippen LogP contribution < -0.4 is 15.4 Å². The molecule has 0 unspecified atom stereocenters. The number of nitrogens with zero attached hydrogens (tertiary/aromatic N) is 2. The molecule has 1 heterocycles. The Morgan fingerprint density at radius 1 is 0.741 bits per heavy atom.